The Morgan fingerprint density at radius 3 is 3.00 bits per heavy atom. The van der Waals surface area contributed by atoms with Gasteiger partial charge in [0.05, 0.1) is 10.6 Å². The number of imidazole rings is 1. The number of nitrogen functional groups attached to an aromatic ring is 1. The van der Waals surface area contributed by atoms with E-state index in [9.17, 15) is 10.1 Å². The van der Waals surface area contributed by atoms with Gasteiger partial charge >= 0.3 is 0 Å². The summed E-state index contributed by atoms with van der Waals surface area (Å²) in [5, 5.41) is 12.7. The highest BCUT2D eigenvalue weighted by molar-refractivity contribution is 7.15. The minimum Gasteiger partial charge on any atom is -0.393 e. The number of nitro benzene ring substituents is 1. The number of rotatable bonds is 2. The van der Waals surface area contributed by atoms with Crippen LogP contribution in [0.15, 0.2) is 36.0 Å². The molecule has 2 aromatic heterocycles. The third-order valence-electron chi connectivity index (χ3n) is 2.66. The zero-order valence-electron chi connectivity index (χ0n) is 9.11. The molecule has 0 spiro atoms. The van der Waals surface area contributed by atoms with Crippen molar-refractivity contribution in [1.82, 2.24) is 9.38 Å². The number of hydrogen-bond acceptors (Lipinski definition) is 5. The second-order valence-corrected chi connectivity index (χ2v) is 4.57. The van der Waals surface area contributed by atoms with Gasteiger partial charge in [0.1, 0.15) is 5.69 Å². The van der Waals surface area contributed by atoms with E-state index >= 15 is 0 Å². The van der Waals surface area contributed by atoms with Crippen molar-refractivity contribution < 1.29 is 4.92 Å². The van der Waals surface area contributed by atoms with Crippen LogP contribution < -0.4 is 5.73 Å². The van der Waals surface area contributed by atoms with Crippen LogP contribution >= 0.6 is 11.3 Å². The number of fused-ring (bicyclic) bond motifs is 1. The molecule has 2 N–H and O–H groups in total. The maximum atomic E-state index is 10.7. The summed E-state index contributed by atoms with van der Waals surface area (Å²) in [6, 6.07) is 4.72. The van der Waals surface area contributed by atoms with E-state index in [1.807, 2.05) is 16.0 Å². The summed E-state index contributed by atoms with van der Waals surface area (Å²) in [7, 11) is 0. The fourth-order valence-electron chi connectivity index (χ4n) is 1.81. The Morgan fingerprint density at radius 1 is 1.44 bits per heavy atom. The molecular formula is C11H8N4O2S. The molecule has 0 saturated carbocycles. The van der Waals surface area contributed by atoms with Gasteiger partial charge in [-0.05, 0) is 12.1 Å². The first-order valence-corrected chi connectivity index (χ1v) is 5.99. The fourth-order valence-corrected chi connectivity index (χ4v) is 2.67. The number of nitrogens with two attached hydrogens (primary N) is 1. The molecule has 0 saturated heterocycles. The molecular weight excluding hydrogens is 252 g/mol. The number of aromatic nitrogens is 2. The van der Waals surface area contributed by atoms with Crippen LogP contribution in [0.2, 0.25) is 0 Å². The number of benzene rings is 1. The SMILES string of the molecule is Nc1cc(-c2csc3nccn23)ccc1[N+](=O)[O-]. The molecule has 18 heavy (non-hydrogen) atoms. The van der Waals surface area contributed by atoms with Crippen LogP contribution in [0.5, 0.6) is 0 Å². The zero-order chi connectivity index (χ0) is 12.7. The number of nitro groups is 1. The lowest BCUT2D eigenvalue weighted by Crippen LogP contribution is -1.96. The predicted octanol–water partition coefficient (Wildman–Crippen LogP) is 2.55. The lowest BCUT2D eigenvalue weighted by Gasteiger charge is -2.02. The van der Waals surface area contributed by atoms with Crippen LogP contribution in [0.4, 0.5) is 11.4 Å². The molecule has 0 amide bonds. The first-order valence-electron chi connectivity index (χ1n) is 5.11. The van der Waals surface area contributed by atoms with Gasteiger partial charge in [0, 0.05) is 29.4 Å². The van der Waals surface area contributed by atoms with Crippen LogP contribution in [0, 0.1) is 10.1 Å². The second-order valence-electron chi connectivity index (χ2n) is 3.73. The molecule has 2 heterocycles. The Kier molecular flexibility index (Phi) is 2.27. The van der Waals surface area contributed by atoms with Crippen LogP contribution in [0.1, 0.15) is 0 Å². The highest BCUT2D eigenvalue weighted by Crippen LogP contribution is 2.30. The second kappa shape index (κ2) is 3.81. The van der Waals surface area contributed by atoms with E-state index in [2.05, 4.69) is 4.98 Å². The summed E-state index contributed by atoms with van der Waals surface area (Å²) in [6.45, 7) is 0. The number of nitrogens with zero attached hydrogens (tertiary/aromatic N) is 3. The molecule has 0 aliphatic carbocycles. The van der Waals surface area contributed by atoms with Gasteiger partial charge < -0.3 is 5.73 Å². The average molecular weight is 260 g/mol. The minimum absolute atomic E-state index is 0.0733. The Morgan fingerprint density at radius 2 is 2.28 bits per heavy atom. The van der Waals surface area contributed by atoms with Crippen molar-refractivity contribution in [3.8, 4) is 11.3 Å². The predicted molar refractivity (Wildman–Crippen MR) is 69.6 cm³/mol. The molecule has 3 rings (SSSR count). The van der Waals surface area contributed by atoms with Gasteiger partial charge in [0.25, 0.3) is 5.69 Å². The third-order valence-corrected chi connectivity index (χ3v) is 3.52. The van der Waals surface area contributed by atoms with Crippen LogP contribution in [-0.4, -0.2) is 14.3 Å². The van der Waals surface area contributed by atoms with Gasteiger partial charge in [-0.3, -0.25) is 14.5 Å². The van der Waals surface area contributed by atoms with E-state index in [0.717, 1.165) is 16.2 Å². The standard InChI is InChI=1S/C11H8N4O2S/c12-8-5-7(1-2-9(8)15(16)17)10-6-18-11-13-3-4-14(10)11/h1-6H,12H2. The highest BCUT2D eigenvalue weighted by Gasteiger charge is 2.13. The Hall–Kier alpha value is -2.41. The van der Waals surface area contributed by atoms with Gasteiger partial charge in [-0.1, -0.05) is 0 Å². The van der Waals surface area contributed by atoms with E-state index < -0.39 is 4.92 Å². The smallest absolute Gasteiger partial charge is 0.292 e. The third kappa shape index (κ3) is 1.52. The fraction of sp³-hybridized carbons (Fsp3) is 0. The Labute approximate surface area is 105 Å². The summed E-state index contributed by atoms with van der Waals surface area (Å²) >= 11 is 1.51. The van der Waals surface area contributed by atoms with Crippen molar-refractivity contribution in [1.29, 1.82) is 0 Å². The van der Waals surface area contributed by atoms with Crippen molar-refractivity contribution in [2.24, 2.45) is 0 Å². The van der Waals surface area contributed by atoms with Crippen LogP contribution in [-0.2, 0) is 0 Å². The van der Waals surface area contributed by atoms with Crippen molar-refractivity contribution in [2.75, 3.05) is 5.73 Å². The average Bonchev–Trinajstić information content (AvgIpc) is 2.89. The first kappa shape index (κ1) is 10.7. The number of anilines is 1. The van der Waals surface area contributed by atoms with Crippen LogP contribution in [0.3, 0.4) is 0 Å². The lowest BCUT2D eigenvalue weighted by atomic mass is 10.1. The molecule has 0 aliphatic rings. The van der Waals surface area contributed by atoms with Gasteiger partial charge in [0.15, 0.2) is 4.96 Å². The molecule has 7 heteroatoms. The number of thiazole rings is 1. The first-order chi connectivity index (χ1) is 8.66. The van der Waals surface area contributed by atoms with E-state index in [-0.39, 0.29) is 11.4 Å². The molecule has 0 atom stereocenters. The normalized spacial score (nSPS) is 10.9. The highest BCUT2D eigenvalue weighted by atomic mass is 32.1. The quantitative estimate of drug-likeness (QED) is 0.436. The largest absolute Gasteiger partial charge is 0.393 e. The molecule has 1 aromatic carbocycles. The summed E-state index contributed by atoms with van der Waals surface area (Å²) in [6.07, 6.45) is 3.56. The van der Waals surface area contributed by atoms with E-state index in [1.165, 1.54) is 17.4 Å². The van der Waals surface area contributed by atoms with E-state index in [4.69, 9.17) is 5.73 Å². The molecule has 0 radical (unpaired) electrons. The molecule has 6 nitrogen and oxygen atoms in total. The summed E-state index contributed by atoms with van der Waals surface area (Å²) in [5.41, 5.74) is 7.54. The van der Waals surface area contributed by atoms with Gasteiger partial charge in [-0.15, -0.1) is 11.3 Å². The monoisotopic (exact) mass is 260 g/mol. The minimum atomic E-state index is -0.487. The van der Waals surface area contributed by atoms with Crippen molar-refractivity contribution in [3.63, 3.8) is 0 Å². The van der Waals surface area contributed by atoms with Gasteiger partial charge in [0.2, 0.25) is 0 Å². The maximum Gasteiger partial charge on any atom is 0.292 e. The molecule has 0 fully saturated rings. The topological polar surface area (TPSA) is 86.5 Å². The van der Waals surface area contributed by atoms with Crippen molar-refractivity contribution in [3.05, 3.63) is 46.1 Å². The molecule has 0 unspecified atom stereocenters. The Balaban J connectivity index is 2.16. The molecule has 0 bridgehead atoms. The summed E-state index contributed by atoms with van der Waals surface area (Å²) in [5.74, 6) is 0. The molecule has 3 aromatic rings. The zero-order valence-corrected chi connectivity index (χ0v) is 9.92. The lowest BCUT2D eigenvalue weighted by molar-refractivity contribution is -0.383. The van der Waals surface area contributed by atoms with E-state index in [0.29, 0.717) is 0 Å². The van der Waals surface area contributed by atoms with Gasteiger partial charge in [-0.2, -0.15) is 0 Å². The van der Waals surface area contributed by atoms with Crippen molar-refractivity contribution >= 4 is 27.7 Å². The van der Waals surface area contributed by atoms with Crippen LogP contribution in [0.25, 0.3) is 16.2 Å². The van der Waals surface area contributed by atoms with Gasteiger partial charge in [-0.25, -0.2) is 4.98 Å². The summed E-state index contributed by atoms with van der Waals surface area (Å²) in [4.78, 5) is 15.3. The maximum absolute atomic E-state index is 10.7. The summed E-state index contributed by atoms with van der Waals surface area (Å²) < 4.78 is 1.92. The van der Waals surface area contributed by atoms with E-state index in [1.54, 1.807) is 18.3 Å². The molecule has 90 valence electrons. The Bertz CT molecular complexity index is 746. The number of hydrogen-bond donors (Lipinski definition) is 1. The van der Waals surface area contributed by atoms with Crippen molar-refractivity contribution in [2.45, 2.75) is 0 Å². The molecule has 0 aliphatic heterocycles.